The van der Waals surface area contributed by atoms with E-state index in [2.05, 4.69) is 15.6 Å². The van der Waals surface area contributed by atoms with E-state index in [9.17, 15) is 14.0 Å². The van der Waals surface area contributed by atoms with Crippen molar-refractivity contribution in [2.75, 3.05) is 13.1 Å². The van der Waals surface area contributed by atoms with E-state index < -0.39 is 6.09 Å². The van der Waals surface area contributed by atoms with Gasteiger partial charge in [0.2, 0.25) is 5.91 Å². The molecule has 3 N–H and O–H groups in total. The summed E-state index contributed by atoms with van der Waals surface area (Å²) in [6.45, 7) is 0.687. The normalized spacial score (nSPS) is 16.0. The van der Waals surface area contributed by atoms with E-state index in [1.165, 1.54) is 12.1 Å². The molecule has 1 saturated heterocycles. The first-order valence-electron chi connectivity index (χ1n) is 9.17. The maximum absolute atomic E-state index is 13.3. The van der Waals surface area contributed by atoms with Gasteiger partial charge >= 0.3 is 6.09 Å². The van der Waals surface area contributed by atoms with Crippen molar-refractivity contribution >= 4 is 22.9 Å². The number of alkyl carbamates (subject to hydrolysis) is 1. The highest BCUT2D eigenvalue weighted by molar-refractivity contribution is 5.91. The van der Waals surface area contributed by atoms with Crippen LogP contribution in [0, 0.1) is 5.82 Å². The molecule has 1 atom stereocenters. The highest BCUT2D eigenvalue weighted by Crippen LogP contribution is 2.31. The van der Waals surface area contributed by atoms with Crippen LogP contribution in [0.4, 0.5) is 9.18 Å². The molecule has 7 heteroatoms. The maximum Gasteiger partial charge on any atom is 0.407 e. The number of H-pyrrole nitrogens is 1. The molecule has 3 aromatic rings. The minimum atomic E-state index is -0.456. The molecule has 0 bridgehead atoms. The lowest BCUT2D eigenvalue weighted by Crippen LogP contribution is -2.34. The molecule has 0 saturated carbocycles. The summed E-state index contributed by atoms with van der Waals surface area (Å²) in [5.74, 6) is -0.402. The number of aromatic nitrogens is 1. The van der Waals surface area contributed by atoms with Gasteiger partial charge in [-0.25, -0.2) is 9.18 Å². The van der Waals surface area contributed by atoms with Crippen molar-refractivity contribution in [3.8, 4) is 11.3 Å². The van der Waals surface area contributed by atoms with E-state index in [0.29, 0.717) is 19.4 Å². The second-order valence-corrected chi connectivity index (χ2v) is 6.74. The number of hydrogen-bond donors (Lipinski definition) is 3. The maximum atomic E-state index is 13.3. The molecular formula is C21H20FN3O3. The third-order valence-corrected chi connectivity index (χ3v) is 4.82. The number of cyclic esters (lactones) is 1. The first kappa shape index (κ1) is 18.0. The highest BCUT2D eigenvalue weighted by atomic mass is 19.1. The zero-order valence-electron chi connectivity index (χ0n) is 15.1. The minimum absolute atomic E-state index is 0.113. The minimum Gasteiger partial charge on any atom is -0.442 e. The Kier molecular flexibility index (Phi) is 4.97. The van der Waals surface area contributed by atoms with Gasteiger partial charge in [-0.15, -0.1) is 0 Å². The molecule has 2 amide bonds. The second kappa shape index (κ2) is 7.72. The molecule has 28 heavy (non-hydrogen) atoms. The number of para-hydroxylation sites is 1. The number of rotatable bonds is 6. The largest absolute Gasteiger partial charge is 0.442 e. The first-order chi connectivity index (χ1) is 13.6. The number of aryl methyl sites for hydroxylation is 1. The monoisotopic (exact) mass is 381 g/mol. The van der Waals surface area contributed by atoms with Gasteiger partial charge in [0.05, 0.1) is 13.1 Å². The molecule has 1 fully saturated rings. The standard InChI is InChI=1S/C21H20FN3O3/c22-14-7-5-13(6-8-14)20-17(16-3-1-2-4-18(16)25-20)9-10-19(26)23-11-15-12-24-21(27)28-15/h1-8,15,25H,9-12H2,(H,23,26)(H,24,27). The smallest absolute Gasteiger partial charge is 0.407 e. The molecule has 2 aromatic carbocycles. The third kappa shape index (κ3) is 3.83. The fraction of sp³-hybridized carbons (Fsp3) is 0.238. The van der Waals surface area contributed by atoms with Crippen LogP contribution in [-0.2, 0) is 16.0 Å². The van der Waals surface area contributed by atoms with Crippen molar-refractivity contribution in [1.29, 1.82) is 0 Å². The van der Waals surface area contributed by atoms with Gasteiger partial charge in [-0.2, -0.15) is 0 Å². The molecule has 1 aliphatic rings. The number of aromatic amines is 1. The lowest BCUT2D eigenvalue weighted by molar-refractivity contribution is -0.121. The Morgan fingerprint density at radius 1 is 1.18 bits per heavy atom. The molecule has 0 radical (unpaired) electrons. The van der Waals surface area contributed by atoms with Crippen LogP contribution in [0.25, 0.3) is 22.2 Å². The fourth-order valence-corrected chi connectivity index (χ4v) is 3.42. The molecule has 6 nitrogen and oxygen atoms in total. The van der Waals surface area contributed by atoms with Gasteiger partial charge < -0.3 is 20.4 Å². The van der Waals surface area contributed by atoms with Gasteiger partial charge in [-0.1, -0.05) is 18.2 Å². The van der Waals surface area contributed by atoms with E-state index in [1.54, 1.807) is 12.1 Å². The molecule has 4 rings (SSSR count). The summed E-state index contributed by atoms with van der Waals surface area (Å²) in [4.78, 5) is 26.7. The SMILES string of the molecule is O=C(CCc1c(-c2ccc(F)cc2)[nH]c2ccccc12)NCC1CNC(=O)O1. The van der Waals surface area contributed by atoms with E-state index in [0.717, 1.165) is 27.7 Å². The first-order valence-corrected chi connectivity index (χ1v) is 9.17. The third-order valence-electron chi connectivity index (χ3n) is 4.82. The van der Waals surface area contributed by atoms with Crippen LogP contribution in [0.1, 0.15) is 12.0 Å². The van der Waals surface area contributed by atoms with Gasteiger partial charge in [-0.05, 0) is 47.9 Å². The quantitative estimate of drug-likeness (QED) is 0.613. The van der Waals surface area contributed by atoms with E-state index in [-0.39, 0.29) is 24.4 Å². The summed E-state index contributed by atoms with van der Waals surface area (Å²) < 4.78 is 18.3. The summed E-state index contributed by atoms with van der Waals surface area (Å²) in [6, 6.07) is 14.2. The topological polar surface area (TPSA) is 83.2 Å². The number of benzene rings is 2. The number of halogens is 1. The number of hydrogen-bond acceptors (Lipinski definition) is 3. The zero-order valence-corrected chi connectivity index (χ0v) is 15.1. The average molecular weight is 381 g/mol. The lowest BCUT2D eigenvalue weighted by atomic mass is 10.0. The Bertz CT molecular complexity index is 1010. The Morgan fingerprint density at radius 2 is 1.96 bits per heavy atom. The van der Waals surface area contributed by atoms with Crippen LogP contribution in [0.15, 0.2) is 48.5 Å². The number of nitrogens with one attached hydrogen (secondary N) is 3. The molecule has 2 heterocycles. The van der Waals surface area contributed by atoms with Crippen LogP contribution in [0.3, 0.4) is 0 Å². The van der Waals surface area contributed by atoms with E-state index >= 15 is 0 Å². The van der Waals surface area contributed by atoms with Crippen molar-refractivity contribution in [1.82, 2.24) is 15.6 Å². The number of carbonyl (C=O) groups is 2. The van der Waals surface area contributed by atoms with Gasteiger partial charge in [0.15, 0.2) is 0 Å². The van der Waals surface area contributed by atoms with Crippen LogP contribution in [0.5, 0.6) is 0 Å². The predicted octanol–water partition coefficient (Wildman–Crippen LogP) is 3.13. The number of ether oxygens (including phenoxy) is 1. The molecular weight excluding hydrogens is 361 g/mol. The van der Waals surface area contributed by atoms with Crippen LogP contribution >= 0.6 is 0 Å². The Hall–Kier alpha value is -3.35. The van der Waals surface area contributed by atoms with Gasteiger partial charge in [0, 0.05) is 23.0 Å². The van der Waals surface area contributed by atoms with Crippen LogP contribution in [0.2, 0.25) is 0 Å². The van der Waals surface area contributed by atoms with E-state index in [4.69, 9.17) is 4.74 Å². The van der Waals surface area contributed by atoms with Gasteiger partial charge in [-0.3, -0.25) is 4.79 Å². The van der Waals surface area contributed by atoms with Gasteiger partial charge in [0.25, 0.3) is 0 Å². The predicted molar refractivity (Wildman–Crippen MR) is 103 cm³/mol. The van der Waals surface area contributed by atoms with Gasteiger partial charge in [0.1, 0.15) is 11.9 Å². The van der Waals surface area contributed by atoms with Crippen molar-refractivity contribution in [2.45, 2.75) is 18.9 Å². The molecule has 144 valence electrons. The summed E-state index contributed by atoms with van der Waals surface area (Å²) in [5.41, 5.74) is 3.76. The van der Waals surface area contributed by atoms with Crippen LogP contribution < -0.4 is 10.6 Å². The van der Waals surface area contributed by atoms with Crippen molar-refractivity contribution < 1.29 is 18.7 Å². The highest BCUT2D eigenvalue weighted by Gasteiger charge is 2.22. The molecule has 1 aliphatic heterocycles. The summed E-state index contributed by atoms with van der Waals surface area (Å²) in [5, 5.41) is 6.41. The molecule has 1 unspecified atom stereocenters. The zero-order chi connectivity index (χ0) is 19.5. The summed E-state index contributed by atoms with van der Waals surface area (Å²) in [7, 11) is 0. The molecule has 1 aromatic heterocycles. The molecule has 0 aliphatic carbocycles. The Balaban J connectivity index is 1.49. The summed E-state index contributed by atoms with van der Waals surface area (Å²) >= 11 is 0. The number of carbonyl (C=O) groups excluding carboxylic acids is 2. The summed E-state index contributed by atoms with van der Waals surface area (Å²) in [6.07, 6.45) is 0.0383. The number of fused-ring (bicyclic) bond motifs is 1. The van der Waals surface area contributed by atoms with Crippen molar-refractivity contribution in [3.63, 3.8) is 0 Å². The van der Waals surface area contributed by atoms with Crippen molar-refractivity contribution in [3.05, 3.63) is 59.9 Å². The Labute approximate surface area is 161 Å². The Morgan fingerprint density at radius 3 is 2.71 bits per heavy atom. The van der Waals surface area contributed by atoms with E-state index in [1.807, 2.05) is 24.3 Å². The second-order valence-electron chi connectivity index (χ2n) is 6.74. The number of amides is 2. The van der Waals surface area contributed by atoms with Crippen molar-refractivity contribution in [2.24, 2.45) is 0 Å². The fourth-order valence-electron chi connectivity index (χ4n) is 3.42. The average Bonchev–Trinajstić information content (AvgIpc) is 3.28. The molecule has 0 spiro atoms. The lowest BCUT2D eigenvalue weighted by Gasteiger charge is -2.10. The van der Waals surface area contributed by atoms with Crippen LogP contribution in [-0.4, -0.2) is 36.2 Å².